The first kappa shape index (κ1) is 30.3. The van der Waals surface area contributed by atoms with E-state index in [4.69, 9.17) is 10.6 Å². The van der Waals surface area contributed by atoms with Crippen LogP contribution in [0.15, 0.2) is 72.8 Å². The summed E-state index contributed by atoms with van der Waals surface area (Å²) in [4.78, 5) is 31.2. The smallest absolute Gasteiger partial charge is 0.245 e. The molecule has 5 N–H and O–H groups in total. The van der Waals surface area contributed by atoms with Crippen molar-refractivity contribution in [2.45, 2.75) is 65.1 Å². The van der Waals surface area contributed by atoms with Gasteiger partial charge < -0.3 is 11.1 Å². The van der Waals surface area contributed by atoms with Gasteiger partial charge in [0.05, 0.1) is 0 Å². The molecule has 7 nitrogen and oxygen atoms in total. The molecule has 0 radical (unpaired) electrons. The van der Waals surface area contributed by atoms with Crippen molar-refractivity contribution in [3.05, 3.63) is 83.9 Å². The van der Waals surface area contributed by atoms with E-state index in [0.29, 0.717) is 24.9 Å². The van der Waals surface area contributed by atoms with Crippen LogP contribution in [0.3, 0.4) is 0 Å². The van der Waals surface area contributed by atoms with Gasteiger partial charge in [0.25, 0.3) is 0 Å². The molecule has 0 heterocycles. The average Bonchev–Trinajstić information content (AvgIpc) is 2.93. The van der Waals surface area contributed by atoms with Gasteiger partial charge in [-0.1, -0.05) is 80.6 Å². The molecule has 0 fully saturated rings. The van der Waals surface area contributed by atoms with Crippen LogP contribution in [0.5, 0.6) is 0 Å². The Bertz CT molecular complexity index is 1220. The van der Waals surface area contributed by atoms with Crippen LogP contribution in [0.2, 0.25) is 0 Å². The molecular formula is C32H44N4O3. The van der Waals surface area contributed by atoms with Crippen LogP contribution < -0.4 is 21.8 Å². The fourth-order valence-corrected chi connectivity index (χ4v) is 4.78. The second kappa shape index (κ2) is 14.2. The third kappa shape index (κ3) is 8.62. The summed E-state index contributed by atoms with van der Waals surface area (Å²) in [6.45, 7) is 11.2. The van der Waals surface area contributed by atoms with Crippen LogP contribution >= 0.6 is 0 Å². The van der Waals surface area contributed by atoms with Crippen LogP contribution in [-0.4, -0.2) is 30.9 Å². The number of nitrogens with two attached hydrogens (primary N) is 1. The molecule has 0 saturated carbocycles. The van der Waals surface area contributed by atoms with Gasteiger partial charge in [0, 0.05) is 6.54 Å². The molecule has 39 heavy (non-hydrogen) atoms. The number of fused-ring (bicyclic) bond motifs is 1. The van der Waals surface area contributed by atoms with Crippen LogP contribution in [0, 0.1) is 11.8 Å². The molecular weight excluding hydrogens is 488 g/mol. The molecule has 0 saturated heterocycles. The third-order valence-corrected chi connectivity index (χ3v) is 7.29. The molecule has 210 valence electrons. The molecule has 0 bridgehead atoms. The quantitative estimate of drug-likeness (QED) is 0.163. The Morgan fingerprint density at radius 2 is 1.59 bits per heavy atom. The largest absolute Gasteiger partial charge is 0.368 e. The number of carbonyl (C=O) groups excluding carboxylic acids is 2. The number of carbonyl (C=O) groups is 2. The Morgan fingerprint density at radius 1 is 0.923 bits per heavy atom. The zero-order valence-corrected chi connectivity index (χ0v) is 23.9. The molecule has 0 aliphatic rings. The Kier molecular flexibility index (Phi) is 11.0. The molecule has 0 aromatic heterocycles. The van der Waals surface area contributed by atoms with Gasteiger partial charge in [0.2, 0.25) is 11.8 Å². The second-order valence-electron chi connectivity index (χ2n) is 11.0. The maximum Gasteiger partial charge on any atom is 0.245 e. The number of hydrogen-bond donors (Lipinski definition) is 4. The lowest BCUT2D eigenvalue weighted by Gasteiger charge is -2.33. The Balaban J connectivity index is 1.72. The molecule has 2 amide bonds. The normalized spacial score (nSPS) is 15.4. The van der Waals surface area contributed by atoms with Crippen molar-refractivity contribution in [2.75, 3.05) is 13.1 Å². The molecule has 2 unspecified atom stereocenters. The fraction of sp³-hybridized carbons (Fsp3) is 0.438. The molecule has 3 rings (SSSR count). The summed E-state index contributed by atoms with van der Waals surface area (Å²) < 4.78 is 0. The van der Waals surface area contributed by atoms with Crippen LogP contribution in [-0.2, 0) is 20.0 Å². The van der Waals surface area contributed by atoms with Gasteiger partial charge in [-0.15, -0.1) is 0 Å². The maximum absolute atomic E-state index is 13.6. The van der Waals surface area contributed by atoms with Crippen molar-refractivity contribution in [2.24, 2.45) is 17.6 Å². The van der Waals surface area contributed by atoms with Crippen LogP contribution in [0.25, 0.3) is 10.8 Å². The number of benzene rings is 3. The molecule has 3 aromatic rings. The lowest BCUT2D eigenvalue weighted by atomic mass is 9.87. The SMILES string of the molecule is CC(C)C[C@H](CCNOC(C)c1ccccc1)CN[C@](C)(C(=O)NC(C)C(N)=O)c1ccc2ccccc2c1. The van der Waals surface area contributed by atoms with Gasteiger partial charge in [0.1, 0.15) is 17.7 Å². The summed E-state index contributed by atoms with van der Waals surface area (Å²) in [6, 6.07) is 23.4. The van der Waals surface area contributed by atoms with E-state index in [-0.39, 0.29) is 12.0 Å². The minimum absolute atomic E-state index is 0.0555. The summed E-state index contributed by atoms with van der Waals surface area (Å²) in [5.74, 6) is -0.0610. The summed E-state index contributed by atoms with van der Waals surface area (Å²) in [6.07, 6.45) is 1.82. The van der Waals surface area contributed by atoms with E-state index >= 15 is 0 Å². The Labute approximate surface area is 232 Å². The van der Waals surface area contributed by atoms with E-state index < -0.39 is 17.5 Å². The lowest BCUT2D eigenvalue weighted by molar-refractivity contribution is -0.131. The molecule has 3 aromatic carbocycles. The molecule has 7 heteroatoms. The fourth-order valence-electron chi connectivity index (χ4n) is 4.78. The summed E-state index contributed by atoms with van der Waals surface area (Å²) in [5, 5.41) is 8.52. The van der Waals surface area contributed by atoms with E-state index in [2.05, 4.69) is 42.1 Å². The molecule has 0 spiro atoms. The van der Waals surface area contributed by atoms with Crippen LogP contribution in [0.1, 0.15) is 64.7 Å². The van der Waals surface area contributed by atoms with Gasteiger partial charge in [-0.2, -0.15) is 0 Å². The minimum atomic E-state index is -1.06. The number of amides is 2. The highest BCUT2D eigenvalue weighted by Gasteiger charge is 2.37. The highest BCUT2D eigenvalue weighted by Crippen LogP contribution is 2.27. The summed E-state index contributed by atoms with van der Waals surface area (Å²) in [7, 11) is 0. The maximum atomic E-state index is 13.6. The monoisotopic (exact) mass is 532 g/mol. The summed E-state index contributed by atoms with van der Waals surface area (Å²) >= 11 is 0. The average molecular weight is 533 g/mol. The van der Waals surface area contributed by atoms with E-state index in [1.54, 1.807) is 6.92 Å². The second-order valence-corrected chi connectivity index (χ2v) is 11.0. The molecule has 4 atom stereocenters. The minimum Gasteiger partial charge on any atom is -0.368 e. The third-order valence-electron chi connectivity index (χ3n) is 7.29. The Hall–Kier alpha value is -3.26. The summed E-state index contributed by atoms with van der Waals surface area (Å²) in [5.41, 5.74) is 9.48. The Morgan fingerprint density at radius 3 is 2.26 bits per heavy atom. The first-order valence-electron chi connectivity index (χ1n) is 13.9. The zero-order chi connectivity index (χ0) is 28.4. The molecule has 0 aliphatic heterocycles. The van der Waals surface area contributed by atoms with Crippen molar-refractivity contribution in [3.8, 4) is 0 Å². The van der Waals surface area contributed by atoms with E-state index in [9.17, 15) is 9.59 Å². The molecule has 0 aliphatic carbocycles. The standard InChI is InChI=1S/C32H44N4O3/c1-22(2)19-25(17-18-35-39-24(4)26-11-7-6-8-12-26)21-34-32(5,31(38)36-23(3)30(33)37)29-16-15-27-13-9-10-14-28(27)20-29/h6-16,20,22-25,34-35H,17-19,21H2,1-5H3,(H2,33,37)(H,36,38)/t23?,24?,25-,32-/m0/s1. The topological polar surface area (TPSA) is 105 Å². The van der Waals surface area contributed by atoms with E-state index in [0.717, 1.165) is 34.7 Å². The predicted octanol–water partition coefficient (Wildman–Crippen LogP) is 4.97. The highest BCUT2D eigenvalue weighted by atomic mass is 16.7. The van der Waals surface area contributed by atoms with Gasteiger partial charge in [0.15, 0.2) is 0 Å². The van der Waals surface area contributed by atoms with Crippen molar-refractivity contribution in [1.29, 1.82) is 0 Å². The lowest BCUT2D eigenvalue weighted by Crippen LogP contribution is -2.57. The number of hydrogen-bond acceptors (Lipinski definition) is 5. The van der Waals surface area contributed by atoms with Gasteiger partial charge in [-0.05, 0) is 80.0 Å². The van der Waals surface area contributed by atoms with Crippen molar-refractivity contribution in [1.82, 2.24) is 16.1 Å². The number of nitrogens with one attached hydrogen (secondary N) is 3. The number of rotatable bonds is 15. The highest BCUT2D eigenvalue weighted by molar-refractivity contribution is 5.93. The first-order chi connectivity index (χ1) is 18.6. The number of hydroxylamine groups is 1. The van der Waals surface area contributed by atoms with Crippen LogP contribution in [0.4, 0.5) is 0 Å². The van der Waals surface area contributed by atoms with E-state index in [1.165, 1.54) is 0 Å². The van der Waals surface area contributed by atoms with Gasteiger partial charge in [-0.25, -0.2) is 5.48 Å². The first-order valence-corrected chi connectivity index (χ1v) is 13.9. The zero-order valence-electron chi connectivity index (χ0n) is 23.9. The van der Waals surface area contributed by atoms with Gasteiger partial charge >= 0.3 is 0 Å². The number of primary amides is 1. The van der Waals surface area contributed by atoms with Crippen molar-refractivity contribution >= 4 is 22.6 Å². The predicted molar refractivity (Wildman–Crippen MR) is 158 cm³/mol. The van der Waals surface area contributed by atoms with Crippen molar-refractivity contribution < 1.29 is 14.4 Å². The van der Waals surface area contributed by atoms with Crippen molar-refractivity contribution in [3.63, 3.8) is 0 Å². The van der Waals surface area contributed by atoms with E-state index in [1.807, 2.05) is 74.5 Å². The van der Waals surface area contributed by atoms with Gasteiger partial charge in [-0.3, -0.25) is 19.7 Å².